The van der Waals surface area contributed by atoms with Gasteiger partial charge in [0.05, 0.1) is 11.1 Å². The van der Waals surface area contributed by atoms with Crippen LogP contribution >= 0.6 is 11.8 Å². The van der Waals surface area contributed by atoms with E-state index in [1.54, 1.807) is 6.07 Å². The largest absolute Gasteiger partial charge is 0.398 e. The molecule has 0 saturated carbocycles. The van der Waals surface area contributed by atoms with Crippen LogP contribution in [0.3, 0.4) is 0 Å². The number of cyclic esters (lactones) is 2. The maximum absolute atomic E-state index is 11.9. The lowest BCUT2D eigenvalue weighted by molar-refractivity contribution is 0.0444. The van der Waals surface area contributed by atoms with E-state index in [0.717, 1.165) is 20.6 Å². The fraction of sp³-hybridized carbons (Fsp3) is 0. The number of fused-ring (bicyclic) bond motifs is 3. The Hall–Kier alpha value is -2.79. The number of hydrogen-bond donors (Lipinski definition) is 1. The zero-order valence-electron chi connectivity index (χ0n) is 11.9. The monoisotopic (exact) mass is 321 g/mol. The minimum atomic E-state index is -0.598. The van der Waals surface area contributed by atoms with Gasteiger partial charge in [-0.25, -0.2) is 9.59 Å². The Morgan fingerprint density at radius 2 is 1.52 bits per heavy atom. The summed E-state index contributed by atoms with van der Waals surface area (Å²) in [6.45, 7) is 0. The highest BCUT2D eigenvalue weighted by Crippen LogP contribution is 2.40. The molecule has 0 radical (unpaired) electrons. The van der Waals surface area contributed by atoms with Crippen molar-refractivity contribution in [2.24, 2.45) is 0 Å². The molecule has 0 spiro atoms. The topological polar surface area (TPSA) is 69.4 Å². The number of nitrogen functional groups attached to an aromatic ring is 1. The van der Waals surface area contributed by atoms with Gasteiger partial charge in [0.25, 0.3) is 0 Å². The molecule has 2 N–H and O–H groups in total. The van der Waals surface area contributed by atoms with Gasteiger partial charge in [-0.2, -0.15) is 0 Å². The van der Waals surface area contributed by atoms with Crippen molar-refractivity contribution >= 4 is 40.2 Å². The highest BCUT2D eigenvalue weighted by atomic mass is 32.2. The Morgan fingerprint density at radius 1 is 0.826 bits per heavy atom. The summed E-state index contributed by atoms with van der Waals surface area (Å²) in [6.07, 6.45) is 0. The van der Waals surface area contributed by atoms with Crippen molar-refractivity contribution in [3.05, 3.63) is 65.7 Å². The Kier molecular flexibility index (Phi) is 3.09. The molecule has 1 aliphatic rings. The second kappa shape index (κ2) is 5.14. The first kappa shape index (κ1) is 13.8. The number of benzene rings is 3. The van der Waals surface area contributed by atoms with Crippen LogP contribution in [-0.2, 0) is 4.74 Å². The second-order valence-corrected chi connectivity index (χ2v) is 6.24. The standard InChI is InChI=1S/C18H11NO3S/c19-13-7-3-4-8-14(13)23-15-9-12-16(18(21)22-17(12)20)11-6-2-1-5-10(11)15/h1-9H,19H2. The minimum absolute atomic E-state index is 0.311. The summed E-state index contributed by atoms with van der Waals surface area (Å²) in [5, 5.41) is 1.61. The molecule has 0 unspecified atom stereocenters. The minimum Gasteiger partial charge on any atom is -0.398 e. The highest BCUT2D eigenvalue weighted by Gasteiger charge is 2.32. The van der Waals surface area contributed by atoms with Crippen LogP contribution in [0, 0.1) is 0 Å². The van der Waals surface area contributed by atoms with E-state index in [-0.39, 0.29) is 0 Å². The molecule has 1 aliphatic heterocycles. The number of ether oxygens (including phenoxy) is 1. The average Bonchev–Trinajstić information content (AvgIpc) is 2.84. The van der Waals surface area contributed by atoms with E-state index in [1.807, 2.05) is 48.5 Å². The zero-order valence-corrected chi connectivity index (χ0v) is 12.7. The van der Waals surface area contributed by atoms with E-state index < -0.39 is 11.9 Å². The van der Waals surface area contributed by atoms with Crippen LogP contribution in [0.2, 0.25) is 0 Å². The first-order chi connectivity index (χ1) is 11.1. The van der Waals surface area contributed by atoms with Crippen LogP contribution in [0.5, 0.6) is 0 Å². The van der Waals surface area contributed by atoms with E-state index in [2.05, 4.69) is 0 Å². The lowest BCUT2D eigenvalue weighted by Gasteiger charge is -2.10. The lowest BCUT2D eigenvalue weighted by Crippen LogP contribution is -1.97. The molecule has 4 nitrogen and oxygen atoms in total. The summed E-state index contributed by atoms with van der Waals surface area (Å²) >= 11 is 1.47. The molecule has 0 aromatic heterocycles. The van der Waals surface area contributed by atoms with Gasteiger partial charge in [0.15, 0.2) is 0 Å². The van der Waals surface area contributed by atoms with Gasteiger partial charge in [-0.1, -0.05) is 48.2 Å². The number of nitrogens with two attached hydrogens (primary N) is 1. The third-order valence-corrected chi connectivity index (χ3v) is 4.90. The van der Waals surface area contributed by atoms with Crippen LogP contribution in [0.4, 0.5) is 5.69 Å². The van der Waals surface area contributed by atoms with E-state index in [4.69, 9.17) is 10.5 Å². The Bertz CT molecular complexity index is 981. The Balaban J connectivity index is 1.96. The van der Waals surface area contributed by atoms with Gasteiger partial charge in [-0.05, 0) is 29.0 Å². The maximum atomic E-state index is 11.9. The number of esters is 2. The lowest BCUT2D eigenvalue weighted by atomic mass is 10.0. The summed E-state index contributed by atoms with van der Waals surface area (Å²) in [7, 11) is 0. The molecule has 3 aromatic carbocycles. The van der Waals surface area contributed by atoms with Gasteiger partial charge in [-0.15, -0.1) is 0 Å². The molecule has 23 heavy (non-hydrogen) atoms. The summed E-state index contributed by atoms with van der Waals surface area (Å²) in [6, 6.07) is 16.7. The molecule has 0 aliphatic carbocycles. The van der Waals surface area contributed by atoms with Crippen molar-refractivity contribution in [1.29, 1.82) is 0 Å². The summed E-state index contributed by atoms with van der Waals surface area (Å²) in [5.74, 6) is -1.18. The van der Waals surface area contributed by atoms with E-state index in [9.17, 15) is 9.59 Å². The fourth-order valence-corrected chi connectivity index (χ4v) is 3.72. The number of rotatable bonds is 2. The number of carbonyl (C=O) groups excluding carboxylic acids is 2. The predicted molar refractivity (Wildman–Crippen MR) is 88.7 cm³/mol. The van der Waals surface area contributed by atoms with Crippen LogP contribution in [0.15, 0.2) is 64.4 Å². The third kappa shape index (κ3) is 2.17. The molecular weight excluding hydrogens is 310 g/mol. The third-order valence-electron chi connectivity index (χ3n) is 3.75. The van der Waals surface area contributed by atoms with Gasteiger partial charge in [0.2, 0.25) is 0 Å². The number of para-hydroxylation sites is 1. The molecule has 3 aromatic rings. The van der Waals surface area contributed by atoms with Crippen molar-refractivity contribution in [1.82, 2.24) is 0 Å². The molecular formula is C18H11NO3S. The summed E-state index contributed by atoms with van der Waals surface area (Å²) in [5.41, 5.74) is 7.33. The van der Waals surface area contributed by atoms with Gasteiger partial charge < -0.3 is 10.5 Å². The van der Waals surface area contributed by atoms with Crippen LogP contribution in [0.25, 0.3) is 10.8 Å². The first-order valence-electron chi connectivity index (χ1n) is 7.00. The van der Waals surface area contributed by atoms with Gasteiger partial charge in [-0.3, -0.25) is 0 Å². The zero-order chi connectivity index (χ0) is 16.0. The van der Waals surface area contributed by atoms with Crippen molar-refractivity contribution in [3.63, 3.8) is 0 Å². The van der Waals surface area contributed by atoms with Crippen LogP contribution in [-0.4, -0.2) is 11.9 Å². The van der Waals surface area contributed by atoms with Gasteiger partial charge in [0, 0.05) is 15.5 Å². The fourth-order valence-electron chi connectivity index (χ4n) is 2.69. The molecule has 0 bridgehead atoms. The summed E-state index contributed by atoms with van der Waals surface area (Å²) < 4.78 is 4.76. The van der Waals surface area contributed by atoms with Crippen molar-refractivity contribution in [2.45, 2.75) is 9.79 Å². The molecule has 1 heterocycles. The van der Waals surface area contributed by atoms with Gasteiger partial charge in [0.1, 0.15) is 0 Å². The Labute approximate surface area is 136 Å². The number of anilines is 1. The average molecular weight is 321 g/mol. The molecule has 112 valence electrons. The smallest absolute Gasteiger partial charge is 0.347 e. The molecule has 5 heteroatoms. The molecule has 0 amide bonds. The van der Waals surface area contributed by atoms with E-state index in [0.29, 0.717) is 16.8 Å². The van der Waals surface area contributed by atoms with Crippen molar-refractivity contribution in [2.75, 3.05) is 5.73 Å². The quantitative estimate of drug-likeness (QED) is 0.440. The molecule has 0 atom stereocenters. The first-order valence-corrected chi connectivity index (χ1v) is 7.81. The number of hydrogen-bond acceptors (Lipinski definition) is 5. The normalized spacial score (nSPS) is 13.2. The number of carbonyl (C=O) groups is 2. The molecule has 4 rings (SSSR count). The van der Waals surface area contributed by atoms with Gasteiger partial charge >= 0.3 is 11.9 Å². The SMILES string of the molecule is Nc1ccccc1Sc1cc2c(c3ccccc13)C(=O)OC2=O. The molecule has 0 fully saturated rings. The van der Waals surface area contributed by atoms with Crippen molar-refractivity contribution in [3.8, 4) is 0 Å². The second-order valence-electron chi connectivity index (χ2n) is 5.16. The van der Waals surface area contributed by atoms with E-state index >= 15 is 0 Å². The predicted octanol–water partition coefficient (Wildman–Crippen LogP) is 3.88. The van der Waals surface area contributed by atoms with Crippen LogP contribution < -0.4 is 5.73 Å². The van der Waals surface area contributed by atoms with E-state index in [1.165, 1.54) is 11.8 Å². The van der Waals surface area contributed by atoms with Crippen LogP contribution in [0.1, 0.15) is 20.7 Å². The maximum Gasteiger partial charge on any atom is 0.347 e. The van der Waals surface area contributed by atoms with Crippen molar-refractivity contribution < 1.29 is 14.3 Å². The summed E-state index contributed by atoms with van der Waals surface area (Å²) in [4.78, 5) is 25.6. The Morgan fingerprint density at radius 3 is 2.30 bits per heavy atom. The molecule has 0 saturated heterocycles. The highest BCUT2D eigenvalue weighted by molar-refractivity contribution is 7.99.